The van der Waals surface area contributed by atoms with Crippen molar-refractivity contribution in [2.75, 3.05) is 26.8 Å². The summed E-state index contributed by atoms with van der Waals surface area (Å²) in [6.45, 7) is 7.36. The van der Waals surface area contributed by atoms with Crippen molar-refractivity contribution in [3.05, 3.63) is 65.7 Å². The van der Waals surface area contributed by atoms with E-state index in [9.17, 15) is 4.79 Å². The molecule has 1 N–H and O–H groups in total. The van der Waals surface area contributed by atoms with Crippen LogP contribution in [0.1, 0.15) is 31.4 Å². The van der Waals surface area contributed by atoms with E-state index in [1.807, 2.05) is 75.2 Å². The number of amides is 1. The Bertz CT molecular complexity index is 640. The summed E-state index contributed by atoms with van der Waals surface area (Å²) in [5.41, 5.74) is 2.47. The van der Waals surface area contributed by atoms with E-state index >= 15 is 0 Å². The first kappa shape index (κ1) is 22.7. The Balaban J connectivity index is 0.000000254. The summed E-state index contributed by atoms with van der Waals surface area (Å²) < 4.78 is 5.16. The van der Waals surface area contributed by atoms with Crippen LogP contribution in [0.25, 0.3) is 0 Å². The lowest BCUT2D eigenvalue weighted by Gasteiger charge is -2.09. The van der Waals surface area contributed by atoms with E-state index in [0.717, 1.165) is 25.1 Å². The molecule has 2 aromatic carbocycles. The summed E-state index contributed by atoms with van der Waals surface area (Å²) in [4.78, 5) is 13.5. The molecule has 1 atom stereocenters. The first-order valence-corrected chi connectivity index (χ1v) is 9.69. The van der Waals surface area contributed by atoms with Crippen molar-refractivity contribution in [1.29, 1.82) is 0 Å². The molecule has 1 aliphatic heterocycles. The number of benzene rings is 2. The molecular formula is C23H33NO3. The van der Waals surface area contributed by atoms with Crippen LogP contribution in [0.15, 0.2) is 54.6 Å². The third kappa shape index (κ3) is 8.27. The van der Waals surface area contributed by atoms with Crippen LogP contribution in [-0.4, -0.2) is 42.7 Å². The second-order valence-electron chi connectivity index (χ2n) is 6.32. The van der Waals surface area contributed by atoms with E-state index in [0.29, 0.717) is 12.5 Å². The standard InChI is InChI=1S/C12H15NO.C9H12O2.C2H6/c1-13-8-7-11(12(13)14)9-10-5-3-2-4-6-10;1-8-2-4-9(5-3-8)11-7-6-10;1-2/h2-6,11H,7-9H2,1H3;2-5,10H,6-7H2,1H3;1-2H3. The SMILES string of the molecule is CC.CN1CCC(Cc2ccccc2)C1=O.Cc1ccc(OCCO)cc1. The molecule has 2 aromatic rings. The van der Waals surface area contributed by atoms with Crippen LogP contribution in [0.4, 0.5) is 0 Å². The van der Waals surface area contributed by atoms with Crippen molar-refractivity contribution in [1.82, 2.24) is 4.90 Å². The van der Waals surface area contributed by atoms with Crippen molar-refractivity contribution in [3.8, 4) is 5.75 Å². The van der Waals surface area contributed by atoms with Gasteiger partial charge in [0.25, 0.3) is 0 Å². The van der Waals surface area contributed by atoms with Gasteiger partial charge < -0.3 is 14.7 Å². The van der Waals surface area contributed by atoms with Crippen LogP contribution in [0.5, 0.6) is 5.75 Å². The molecule has 1 heterocycles. The highest BCUT2D eigenvalue weighted by Gasteiger charge is 2.28. The fourth-order valence-corrected chi connectivity index (χ4v) is 2.78. The van der Waals surface area contributed by atoms with Crippen molar-refractivity contribution in [2.24, 2.45) is 5.92 Å². The fraction of sp³-hybridized carbons (Fsp3) is 0.435. The Labute approximate surface area is 163 Å². The van der Waals surface area contributed by atoms with Gasteiger partial charge in [0.05, 0.1) is 6.61 Å². The van der Waals surface area contributed by atoms with Crippen molar-refractivity contribution in [3.63, 3.8) is 0 Å². The largest absolute Gasteiger partial charge is 0.491 e. The van der Waals surface area contributed by atoms with Gasteiger partial charge in [0, 0.05) is 19.5 Å². The molecular weight excluding hydrogens is 338 g/mol. The molecule has 1 unspecified atom stereocenters. The number of carbonyl (C=O) groups excluding carboxylic acids is 1. The number of ether oxygens (including phenoxy) is 1. The maximum Gasteiger partial charge on any atom is 0.225 e. The van der Waals surface area contributed by atoms with Gasteiger partial charge in [-0.1, -0.05) is 61.9 Å². The third-order valence-electron chi connectivity index (χ3n) is 4.24. The Kier molecular flexibility index (Phi) is 10.9. The minimum atomic E-state index is 0.0634. The Morgan fingerprint density at radius 1 is 1.07 bits per heavy atom. The molecule has 148 valence electrons. The average Bonchev–Trinajstić information content (AvgIpc) is 3.02. The van der Waals surface area contributed by atoms with Gasteiger partial charge in [0.1, 0.15) is 12.4 Å². The molecule has 0 saturated carbocycles. The normalized spacial score (nSPS) is 15.4. The van der Waals surface area contributed by atoms with Crippen LogP contribution in [-0.2, 0) is 11.2 Å². The topological polar surface area (TPSA) is 49.8 Å². The quantitative estimate of drug-likeness (QED) is 0.861. The first-order chi connectivity index (χ1) is 13.1. The molecule has 0 aromatic heterocycles. The Morgan fingerprint density at radius 2 is 1.70 bits per heavy atom. The summed E-state index contributed by atoms with van der Waals surface area (Å²) in [5, 5.41) is 8.46. The van der Waals surface area contributed by atoms with E-state index < -0.39 is 0 Å². The molecule has 1 amide bonds. The zero-order valence-electron chi connectivity index (χ0n) is 17.0. The number of hydrogen-bond acceptors (Lipinski definition) is 3. The highest BCUT2D eigenvalue weighted by Crippen LogP contribution is 2.20. The minimum absolute atomic E-state index is 0.0634. The summed E-state index contributed by atoms with van der Waals surface area (Å²) in [6.07, 6.45) is 1.90. The van der Waals surface area contributed by atoms with Gasteiger partial charge in [-0.2, -0.15) is 0 Å². The van der Waals surface area contributed by atoms with Crippen LogP contribution in [0.3, 0.4) is 0 Å². The van der Waals surface area contributed by atoms with Gasteiger partial charge in [-0.15, -0.1) is 0 Å². The third-order valence-corrected chi connectivity index (χ3v) is 4.24. The predicted molar refractivity (Wildman–Crippen MR) is 111 cm³/mol. The number of carbonyl (C=O) groups is 1. The molecule has 27 heavy (non-hydrogen) atoms. The molecule has 0 radical (unpaired) electrons. The van der Waals surface area contributed by atoms with Crippen LogP contribution in [0.2, 0.25) is 0 Å². The summed E-state index contributed by atoms with van der Waals surface area (Å²) in [5.74, 6) is 1.32. The van der Waals surface area contributed by atoms with E-state index in [2.05, 4.69) is 12.1 Å². The second-order valence-corrected chi connectivity index (χ2v) is 6.32. The summed E-state index contributed by atoms with van der Waals surface area (Å²) in [6, 6.07) is 18.0. The highest BCUT2D eigenvalue weighted by molar-refractivity contribution is 5.80. The van der Waals surface area contributed by atoms with Gasteiger partial charge in [-0.05, 0) is 37.5 Å². The molecule has 3 rings (SSSR count). The monoisotopic (exact) mass is 371 g/mol. The number of aliphatic hydroxyl groups is 1. The molecule has 0 aliphatic carbocycles. The van der Waals surface area contributed by atoms with Crippen LogP contribution in [0, 0.1) is 12.8 Å². The van der Waals surface area contributed by atoms with Crippen molar-refractivity contribution in [2.45, 2.75) is 33.6 Å². The molecule has 4 nitrogen and oxygen atoms in total. The molecule has 1 saturated heterocycles. The summed E-state index contributed by atoms with van der Waals surface area (Å²) in [7, 11) is 1.88. The van der Waals surface area contributed by atoms with E-state index in [1.54, 1.807) is 0 Å². The van der Waals surface area contributed by atoms with Crippen molar-refractivity contribution >= 4 is 5.91 Å². The number of aryl methyl sites for hydroxylation is 1. The van der Waals surface area contributed by atoms with Crippen LogP contribution >= 0.6 is 0 Å². The zero-order chi connectivity index (χ0) is 20.1. The van der Waals surface area contributed by atoms with Gasteiger partial charge in [-0.25, -0.2) is 0 Å². The molecule has 1 aliphatic rings. The first-order valence-electron chi connectivity index (χ1n) is 9.69. The molecule has 0 spiro atoms. The number of nitrogens with zero attached hydrogens (tertiary/aromatic N) is 1. The van der Waals surface area contributed by atoms with E-state index in [-0.39, 0.29) is 12.5 Å². The van der Waals surface area contributed by atoms with Gasteiger partial charge in [0.15, 0.2) is 0 Å². The molecule has 4 heteroatoms. The smallest absolute Gasteiger partial charge is 0.225 e. The maximum absolute atomic E-state index is 11.6. The van der Waals surface area contributed by atoms with E-state index in [4.69, 9.17) is 9.84 Å². The molecule has 1 fully saturated rings. The second kappa shape index (κ2) is 12.9. The summed E-state index contributed by atoms with van der Waals surface area (Å²) >= 11 is 0. The predicted octanol–water partition coefficient (Wildman–Crippen LogP) is 4.10. The fourth-order valence-electron chi connectivity index (χ4n) is 2.78. The van der Waals surface area contributed by atoms with Gasteiger partial charge in [0.2, 0.25) is 5.91 Å². The van der Waals surface area contributed by atoms with E-state index in [1.165, 1.54) is 11.1 Å². The average molecular weight is 372 g/mol. The zero-order valence-corrected chi connectivity index (χ0v) is 17.0. The van der Waals surface area contributed by atoms with Crippen molar-refractivity contribution < 1.29 is 14.6 Å². The molecule has 0 bridgehead atoms. The van der Waals surface area contributed by atoms with Gasteiger partial charge >= 0.3 is 0 Å². The highest BCUT2D eigenvalue weighted by atomic mass is 16.5. The Morgan fingerprint density at radius 3 is 2.22 bits per heavy atom. The van der Waals surface area contributed by atoms with Gasteiger partial charge in [-0.3, -0.25) is 4.79 Å². The maximum atomic E-state index is 11.6. The number of likely N-dealkylation sites (tertiary alicyclic amines) is 1. The number of rotatable bonds is 5. The lowest BCUT2D eigenvalue weighted by molar-refractivity contribution is -0.129. The lowest BCUT2D eigenvalue weighted by atomic mass is 9.98. The lowest BCUT2D eigenvalue weighted by Crippen LogP contribution is -2.23. The number of aliphatic hydroxyl groups excluding tert-OH is 1. The number of hydrogen-bond donors (Lipinski definition) is 1. The minimum Gasteiger partial charge on any atom is -0.491 e. The van der Waals surface area contributed by atoms with Crippen LogP contribution < -0.4 is 4.74 Å². The Hall–Kier alpha value is -2.33.